The van der Waals surface area contributed by atoms with Crippen LogP contribution in [-0.2, 0) is 11.2 Å². The smallest absolute Gasteiger partial charge is 0.227 e. The van der Waals surface area contributed by atoms with Crippen molar-refractivity contribution in [3.63, 3.8) is 0 Å². The van der Waals surface area contributed by atoms with Gasteiger partial charge >= 0.3 is 0 Å². The third-order valence-electron chi connectivity index (χ3n) is 4.78. The fraction of sp³-hybridized carbons (Fsp3) is 0.588. The Labute approximate surface area is 131 Å². The summed E-state index contributed by atoms with van der Waals surface area (Å²) in [4.78, 5) is 14.6. The molecule has 0 aliphatic carbocycles. The number of halogens is 1. The van der Waals surface area contributed by atoms with E-state index >= 15 is 0 Å². The van der Waals surface area contributed by atoms with Gasteiger partial charge in [-0.2, -0.15) is 0 Å². The Morgan fingerprint density at radius 2 is 2.14 bits per heavy atom. The van der Waals surface area contributed by atoms with Crippen LogP contribution in [0.2, 0.25) is 5.02 Å². The van der Waals surface area contributed by atoms with E-state index in [1.807, 2.05) is 29.2 Å². The highest BCUT2D eigenvalue weighted by molar-refractivity contribution is 6.31. The summed E-state index contributed by atoms with van der Waals surface area (Å²) in [6.45, 7) is 2.93. The minimum Gasteiger partial charge on any atom is -0.342 e. The predicted octanol–water partition coefficient (Wildman–Crippen LogP) is 2.87. The summed E-state index contributed by atoms with van der Waals surface area (Å²) >= 11 is 6.16. The van der Waals surface area contributed by atoms with Gasteiger partial charge in [0.05, 0.1) is 6.42 Å². The summed E-state index contributed by atoms with van der Waals surface area (Å²) in [5, 5.41) is 4.28. The fourth-order valence-corrected chi connectivity index (χ4v) is 3.80. The van der Waals surface area contributed by atoms with Crippen molar-refractivity contribution in [3.8, 4) is 0 Å². The highest BCUT2D eigenvalue weighted by Crippen LogP contribution is 2.25. The zero-order valence-electron chi connectivity index (χ0n) is 12.4. The highest BCUT2D eigenvalue weighted by atomic mass is 35.5. The molecule has 2 fully saturated rings. The largest absolute Gasteiger partial charge is 0.342 e. The van der Waals surface area contributed by atoms with E-state index in [1.165, 1.54) is 19.3 Å². The minimum absolute atomic E-state index is 0.214. The van der Waals surface area contributed by atoms with E-state index in [0.717, 1.165) is 31.6 Å². The van der Waals surface area contributed by atoms with E-state index in [4.69, 9.17) is 11.6 Å². The molecule has 3 nitrogen and oxygen atoms in total. The van der Waals surface area contributed by atoms with Crippen LogP contribution in [-0.4, -0.2) is 36.5 Å². The first-order valence-electron chi connectivity index (χ1n) is 7.98. The van der Waals surface area contributed by atoms with Gasteiger partial charge in [-0.25, -0.2) is 0 Å². The molecule has 0 aromatic heterocycles. The summed E-state index contributed by atoms with van der Waals surface area (Å²) in [6.07, 6.45) is 5.32. The van der Waals surface area contributed by atoms with Crippen molar-refractivity contribution in [3.05, 3.63) is 34.9 Å². The SMILES string of the molecule is O=C(Cc1ccccc1Cl)N1CCCC(C2CCCN2)C1. The van der Waals surface area contributed by atoms with Gasteiger partial charge in [0.2, 0.25) is 5.91 Å². The Balaban J connectivity index is 1.60. The zero-order chi connectivity index (χ0) is 14.7. The second-order valence-electron chi connectivity index (χ2n) is 6.21. The van der Waals surface area contributed by atoms with Crippen LogP contribution in [0.4, 0.5) is 0 Å². The molecular weight excluding hydrogens is 284 g/mol. The first-order chi connectivity index (χ1) is 10.2. The van der Waals surface area contributed by atoms with Crippen molar-refractivity contribution in [1.82, 2.24) is 10.2 Å². The predicted molar refractivity (Wildman–Crippen MR) is 85.5 cm³/mol. The maximum atomic E-state index is 12.5. The lowest BCUT2D eigenvalue weighted by Gasteiger charge is -2.36. The minimum atomic E-state index is 0.214. The summed E-state index contributed by atoms with van der Waals surface area (Å²) in [5.74, 6) is 0.835. The fourth-order valence-electron chi connectivity index (χ4n) is 3.60. The first kappa shape index (κ1) is 14.9. The summed E-state index contributed by atoms with van der Waals surface area (Å²) < 4.78 is 0. The number of rotatable bonds is 3. The lowest BCUT2D eigenvalue weighted by molar-refractivity contribution is -0.132. The number of benzene rings is 1. The van der Waals surface area contributed by atoms with Crippen molar-refractivity contribution < 1.29 is 4.79 Å². The van der Waals surface area contributed by atoms with Gasteiger partial charge in [-0.1, -0.05) is 29.8 Å². The van der Waals surface area contributed by atoms with E-state index in [2.05, 4.69) is 5.32 Å². The third-order valence-corrected chi connectivity index (χ3v) is 5.15. The van der Waals surface area contributed by atoms with E-state index in [-0.39, 0.29) is 5.91 Å². The quantitative estimate of drug-likeness (QED) is 0.931. The Hall–Kier alpha value is -1.06. The number of piperidine rings is 1. The summed E-state index contributed by atoms with van der Waals surface area (Å²) in [7, 11) is 0. The van der Waals surface area contributed by atoms with Crippen LogP contribution >= 0.6 is 11.6 Å². The van der Waals surface area contributed by atoms with Crippen LogP contribution in [0.5, 0.6) is 0 Å². The number of likely N-dealkylation sites (tertiary alicyclic amines) is 1. The Bertz CT molecular complexity index is 499. The lowest BCUT2D eigenvalue weighted by atomic mass is 9.89. The molecule has 0 saturated carbocycles. The molecule has 2 unspecified atom stereocenters. The Kier molecular flexibility index (Phi) is 4.81. The van der Waals surface area contributed by atoms with Crippen LogP contribution < -0.4 is 5.32 Å². The molecule has 2 saturated heterocycles. The van der Waals surface area contributed by atoms with Gasteiger partial charge in [0, 0.05) is 24.2 Å². The topological polar surface area (TPSA) is 32.3 Å². The van der Waals surface area contributed by atoms with Crippen molar-refractivity contribution in [2.45, 2.75) is 38.1 Å². The van der Waals surface area contributed by atoms with Gasteiger partial charge < -0.3 is 10.2 Å². The van der Waals surface area contributed by atoms with Crippen LogP contribution in [0.3, 0.4) is 0 Å². The monoisotopic (exact) mass is 306 g/mol. The third kappa shape index (κ3) is 3.58. The van der Waals surface area contributed by atoms with Crippen molar-refractivity contribution >= 4 is 17.5 Å². The number of nitrogens with zero attached hydrogens (tertiary/aromatic N) is 1. The van der Waals surface area contributed by atoms with Gasteiger partial charge in [-0.3, -0.25) is 4.79 Å². The van der Waals surface area contributed by atoms with Crippen LogP contribution in [0, 0.1) is 5.92 Å². The molecule has 2 aliphatic rings. The molecule has 1 aromatic carbocycles. The maximum Gasteiger partial charge on any atom is 0.227 e. The zero-order valence-corrected chi connectivity index (χ0v) is 13.1. The van der Waals surface area contributed by atoms with Crippen molar-refractivity contribution in [2.24, 2.45) is 5.92 Å². The van der Waals surface area contributed by atoms with E-state index in [0.29, 0.717) is 23.4 Å². The number of hydrogen-bond acceptors (Lipinski definition) is 2. The molecule has 21 heavy (non-hydrogen) atoms. The van der Waals surface area contributed by atoms with Gasteiger partial charge in [0.25, 0.3) is 0 Å². The van der Waals surface area contributed by atoms with Crippen LogP contribution in [0.15, 0.2) is 24.3 Å². The summed E-state index contributed by atoms with van der Waals surface area (Å²) in [6, 6.07) is 8.25. The molecule has 1 amide bonds. The second-order valence-corrected chi connectivity index (χ2v) is 6.62. The van der Waals surface area contributed by atoms with Gasteiger partial charge in [0.1, 0.15) is 0 Å². The second kappa shape index (κ2) is 6.80. The normalized spacial score (nSPS) is 26.0. The molecule has 2 atom stereocenters. The molecule has 1 N–H and O–H groups in total. The molecule has 2 aliphatic heterocycles. The number of carbonyl (C=O) groups is 1. The molecule has 3 rings (SSSR count). The van der Waals surface area contributed by atoms with E-state index in [9.17, 15) is 4.79 Å². The van der Waals surface area contributed by atoms with Crippen molar-refractivity contribution in [2.75, 3.05) is 19.6 Å². The molecule has 4 heteroatoms. The van der Waals surface area contributed by atoms with E-state index in [1.54, 1.807) is 0 Å². The van der Waals surface area contributed by atoms with Gasteiger partial charge in [-0.15, -0.1) is 0 Å². The standard InChI is InChI=1S/C17H23ClN2O/c18-15-7-2-1-5-13(15)11-17(21)20-10-4-6-14(12-20)16-8-3-9-19-16/h1-2,5,7,14,16,19H,3-4,6,8-12H2. The average Bonchev–Trinajstić information content (AvgIpc) is 3.04. The Morgan fingerprint density at radius 1 is 1.29 bits per heavy atom. The first-order valence-corrected chi connectivity index (χ1v) is 8.36. The molecule has 114 valence electrons. The number of carbonyl (C=O) groups excluding carboxylic acids is 1. The van der Waals surface area contributed by atoms with E-state index < -0.39 is 0 Å². The lowest BCUT2D eigenvalue weighted by Crippen LogP contribution is -2.46. The molecule has 2 heterocycles. The maximum absolute atomic E-state index is 12.5. The highest BCUT2D eigenvalue weighted by Gasteiger charge is 2.30. The summed E-state index contributed by atoms with van der Waals surface area (Å²) in [5.41, 5.74) is 0.935. The molecule has 1 aromatic rings. The number of amides is 1. The molecule has 0 spiro atoms. The Morgan fingerprint density at radius 3 is 2.90 bits per heavy atom. The van der Waals surface area contributed by atoms with Crippen LogP contribution in [0.25, 0.3) is 0 Å². The van der Waals surface area contributed by atoms with Crippen molar-refractivity contribution in [1.29, 1.82) is 0 Å². The number of nitrogens with one attached hydrogen (secondary N) is 1. The number of hydrogen-bond donors (Lipinski definition) is 1. The molecule has 0 bridgehead atoms. The molecule has 0 radical (unpaired) electrons. The van der Waals surface area contributed by atoms with Crippen LogP contribution in [0.1, 0.15) is 31.2 Å². The average molecular weight is 307 g/mol. The molecular formula is C17H23ClN2O. The van der Waals surface area contributed by atoms with Gasteiger partial charge in [-0.05, 0) is 49.8 Å². The van der Waals surface area contributed by atoms with Gasteiger partial charge in [0.15, 0.2) is 0 Å².